The van der Waals surface area contributed by atoms with Gasteiger partial charge in [-0.3, -0.25) is 5.01 Å². The first-order valence-electron chi connectivity index (χ1n) is 10.1. The highest BCUT2D eigenvalue weighted by molar-refractivity contribution is 6.09. The van der Waals surface area contributed by atoms with E-state index in [1.54, 1.807) is 0 Å². The summed E-state index contributed by atoms with van der Waals surface area (Å²) in [6, 6.07) is 24.3. The second kappa shape index (κ2) is 6.52. The van der Waals surface area contributed by atoms with Crippen molar-refractivity contribution in [3.8, 4) is 0 Å². The Hall–Kier alpha value is -3.07. The number of fused-ring (bicyclic) bond motifs is 4. The standard InChI is InChI=1S/C25H25N3/c1-4-27-23-11-7-6-10-21(23)22-15-19(13-14-24(22)27)16-26-28-18(3)17(2)20-9-5-8-12-25(20)28/h5-18H,4H2,1-3H3/b26-16+. The third-order valence-electron chi connectivity index (χ3n) is 6.23. The molecule has 1 aliphatic rings. The number of aryl methyl sites for hydroxylation is 1. The number of hydrazone groups is 1. The van der Waals surface area contributed by atoms with Crippen LogP contribution < -0.4 is 5.01 Å². The van der Waals surface area contributed by atoms with Gasteiger partial charge in [0.25, 0.3) is 0 Å². The fraction of sp³-hybridized carbons (Fsp3) is 0.240. The topological polar surface area (TPSA) is 20.5 Å². The minimum Gasteiger partial charge on any atom is -0.341 e. The molecule has 2 atom stereocenters. The van der Waals surface area contributed by atoms with E-state index in [9.17, 15) is 0 Å². The number of anilines is 1. The molecule has 0 aliphatic carbocycles. The molecule has 4 aromatic rings. The third kappa shape index (κ3) is 2.46. The number of rotatable bonds is 3. The molecule has 0 spiro atoms. The molecule has 3 aromatic carbocycles. The van der Waals surface area contributed by atoms with Gasteiger partial charge < -0.3 is 4.57 Å². The predicted octanol–water partition coefficient (Wildman–Crippen LogP) is 6.16. The number of hydrogen-bond donors (Lipinski definition) is 0. The van der Waals surface area contributed by atoms with Crippen LogP contribution in [-0.2, 0) is 6.54 Å². The molecule has 1 aliphatic heterocycles. The van der Waals surface area contributed by atoms with Gasteiger partial charge in [0.15, 0.2) is 0 Å². The molecular weight excluding hydrogens is 342 g/mol. The Morgan fingerprint density at radius 1 is 0.893 bits per heavy atom. The molecular formula is C25H25N3. The maximum atomic E-state index is 4.88. The summed E-state index contributed by atoms with van der Waals surface area (Å²) in [5, 5.41) is 9.65. The smallest absolute Gasteiger partial charge is 0.0632 e. The summed E-state index contributed by atoms with van der Waals surface area (Å²) in [6.45, 7) is 7.71. The average molecular weight is 367 g/mol. The first kappa shape index (κ1) is 17.1. The molecule has 28 heavy (non-hydrogen) atoms. The minimum atomic E-state index is 0.361. The largest absolute Gasteiger partial charge is 0.341 e. The Balaban J connectivity index is 1.57. The Morgan fingerprint density at radius 3 is 2.50 bits per heavy atom. The van der Waals surface area contributed by atoms with E-state index in [0.717, 1.165) is 12.1 Å². The molecule has 140 valence electrons. The van der Waals surface area contributed by atoms with Crippen LogP contribution in [0.3, 0.4) is 0 Å². The van der Waals surface area contributed by atoms with E-state index in [-0.39, 0.29) is 0 Å². The predicted molar refractivity (Wildman–Crippen MR) is 120 cm³/mol. The Labute approximate surface area is 165 Å². The number of aromatic nitrogens is 1. The number of hydrogen-bond acceptors (Lipinski definition) is 2. The van der Waals surface area contributed by atoms with Crippen molar-refractivity contribution >= 4 is 33.7 Å². The van der Waals surface area contributed by atoms with Crippen molar-refractivity contribution in [2.45, 2.75) is 39.3 Å². The zero-order chi connectivity index (χ0) is 19.3. The van der Waals surface area contributed by atoms with Crippen LogP contribution in [0.5, 0.6) is 0 Å². The SMILES string of the molecule is CCn1c2ccccc2c2cc(/C=N/N3c4ccccc4C(C)C3C)ccc21. The van der Waals surface area contributed by atoms with Crippen molar-refractivity contribution < 1.29 is 0 Å². The van der Waals surface area contributed by atoms with Crippen molar-refractivity contribution in [1.82, 2.24) is 4.57 Å². The molecule has 0 amide bonds. The van der Waals surface area contributed by atoms with Crippen molar-refractivity contribution in [3.05, 3.63) is 77.9 Å². The van der Waals surface area contributed by atoms with Crippen molar-refractivity contribution in [3.63, 3.8) is 0 Å². The maximum Gasteiger partial charge on any atom is 0.0632 e. The second-order valence-corrected chi connectivity index (χ2v) is 7.72. The summed E-state index contributed by atoms with van der Waals surface area (Å²) >= 11 is 0. The summed E-state index contributed by atoms with van der Waals surface area (Å²) in [7, 11) is 0. The lowest BCUT2D eigenvalue weighted by Crippen LogP contribution is -2.25. The number of para-hydroxylation sites is 2. The summed E-state index contributed by atoms with van der Waals surface area (Å²) in [5.74, 6) is 0.485. The van der Waals surface area contributed by atoms with E-state index in [1.807, 2.05) is 6.21 Å². The molecule has 0 fully saturated rings. The van der Waals surface area contributed by atoms with Crippen LogP contribution in [0.1, 0.15) is 37.8 Å². The van der Waals surface area contributed by atoms with Crippen molar-refractivity contribution in [1.29, 1.82) is 0 Å². The molecule has 2 unspecified atom stereocenters. The normalized spacial score (nSPS) is 19.2. The van der Waals surface area contributed by atoms with Crippen LogP contribution in [0.2, 0.25) is 0 Å². The molecule has 3 nitrogen and oxygen atoms in total. The van der Waals surface area contributed by atoms with Crippen molar-refractivity contribution in [2.75, 3.05) is 5.01 Å². The zero-order valence-corrected chi connectivity index (χ0v) is 16.6. The monoisotopic (exact) mass is 367 g/mol. The molecule has 0 saturated heterocycles. The number of nitrogens with zero attached hydrogens (tertiary/aromatic N) is 3. The lowest BCUT2D eigenvalue weighted by Gasteiger charge is -2.20. The first-order chi connectivity index (χ1) is 13.7. The van der Waals surface area contributed by atoms with Gasteiger partial charge in [0.2, 0.25) is 0 Å². The van der Waals surface area contributed by atoms with Crippen LogP contribution in [0.4, 0.5) is 5.69 Å². The fourth-order valence-corrected chi connectivity index (χ4v) is 4.56. The Morgan fingerprint density at radius 2 is 1.64 bits per heavy atom. The Kier molecular flexibility index (Phi) is 3.97. The third-order valence-corrected chi connectivity index (χ3v) is 6.23. The molecule has 1 aromatic heterocycles. The van der Waals surface area contributed by atoms with Gasteiger partial charge in [-0.15, -0.1) is 0 Å². The maximum absolute atomic E-state index is 4.88. The zero-order valence-electron chi connectivity index (χ0n) is 16.6. The molecule has 0 N–H and O–H groups in total. The molecule has 0 bridgehead atoms. The first-order valence-corrected chi connectivity index (χ1v) is 10.1. The average Bonchev–Trinajstić information content (AvgIpc) is 3.18. The molecule has 3 heteroatoms. The van der Waals surface area contributed by atoms with E-state index in [1.165, 1.54) is 33.1 Å². The molecule has 2 heterocycles. The van der Waals surface area contributed by atoms with E-state index in [4.69, 9.17) is 5.10 Å². The van der Waals surface area contributed by atoms with Crippen LogP contribution in [0.25, 0.3) is 21.8 Å². The highest BCUT2D eigenvalue weighted by Gasteiger charge is 2.32. The second-order valence-electron chi connectivity index (χ2n) is 7.72. The number of benzene rings is 3. The highest BCUT2D eigenvalue weighted by atomic mass is 15.5. The van der Waals surface area contributed by atoms with Crippen LogP contribution in [0, 0.1) is 0 Å². The summed E-state index contributed by atoms with van der Waals surface area (Å²) in [6.07, 6.45) is 2.00. The van der Waals surface area contributed by atoms with E-state index in [2.05, 4.69) is 97.1 Å². The fourth-order valence-electron chi connectivity index (χ4n) is 4.56. The Bertz CT molecular complexity index is 1200. The summed E-state index contributed by atoms with van der Waals surface area (Å²) in [5.41, 5.74) is 6.33. The summed E-state index contributed by atoms with van der Waals surface area (Å²) < 4.78 is 2.38. The van der Waals surface area contributed by atoms with Crippen molar-refractivity contribution in [2.24, 2.45) is 5.10 Å². The molecule has 0 saturated carbocycles. The lowest BCUT2D eigenvalue weighted by atomic mass is 9.99. The minimum absolute atomic E-state index is 0.361. The van der Waals surface area contributed by atoms with E-state index in [0.29, 0.717) is 12.0 Å². The van der Waals surface area contributed by atoms with Gasteiger partial charge in [-0.05, 0) is 49.2 Å². The van der Waals surface area contributed by atoms with E-state index < -0.39 is 0 Å². The van der Waals surface area contributed by atoms with Gasteiger partial charge in [-0.2, -0.15) is 5.10 Å². The van der Waals surface area contributed by atoms with Gasteiger partial charge in [0.1, 0.15) is 0 Å². The van der Waals surface area contributed by atoms with Gasteiger partial charge in [-0.1, -0.05) is 49.4 Å². The highest BCUT2D eigenvalue weighted by Crippen LogP contribution is 2.40. The lowest BCUT2D eigenvalue weighted by molar-refractivity contribution is 0.607. The summed E-state index contributed by atoms with van der Waals surface area (Å²) in [4.78, 5) is 0. The van der Waals surface area contributed by atoms with Crippen LogP contribution in [0.15, 0.2) is 71.8 Å². The molecule has 0 radical (unpaired) electrons. The van der Waals surface area contributed by atoms with E-state index >= 15 is 0 Å². The molecule has 5 rings (SSSR count). The quantitative estimate of drug-likeness (QED) is 0.397. The van der Waals surface area contributed by atoms with Gasteiger partial charge in [-0.25, -0.2) is 0 Å². The van der Waals surface area contributed by atoms with Crippen LogP contribution >= 0.6 is 0 Å². The van der Waals surface area contributed by atoms with Gasteiger partial charge >= 0.3 is 0 Å². The van der Waals surface area contributed by atoms with Gasteiger partial charge in [0, 0.05) is 34.3 Å². The van der Waals surface area contributed by atoms with Crippen LogP contribution in [-0.4, -0.2) is 16.8 Å². The van der Waals surface area contributed by atoms with Gasteiger partial charge in [0.05, 0.1) is 17.9 Å².